The number of anilines is 1. The fraction of sp³-hybridized carbons (Fsp3) is 0.286. The first-order chi connectivity index (χ1) is 10.1. The average molecular weight is 308 g/mol. The number of fused-ring (bicyclic) bond motifs is 2. The summed E-state index contributed by atoms with van der Waals surface area (Å²) in [5.41, 5.74) is 0.612. The number of carbonyl (C=O) groups is 2. The number of urea groups is 1. The summed E-state index contributed by atoms with van der Waals surface area (Å²) in [4.78, 5) is 24.3. The van der Waals surface area contributed by atoms with Crippen molar-refractivity contribution in [1.29, 1.82) is 0 Å². The molecule has 0 unspecified atom stereocenters. The monoisotopic (exact) mass is 307 g/mol. The summed E-state index contributed by atoms with van der Waals surface area (Å²) in [5.74, 6) is 0. The van der Waals surface area contributed by atoms with Gasteiger partial charge < -0.3 is 10.1 Å². The molecule has 3 rings (SSSR count). The fourth-order valence-corrected chi connectivity index (χ4v) is 2.75. The summed E-state index contributed by atoms with van der Waals surface area (Å²) < 4.78 is 4.75. The molecule has 21 heavy (non-hydrogen) atoms. The molecule has 1 heterocycles. The Morgan fingerprint density at radius 3 is 2.43 bits per heavy atom. The van der Waals surface area contributed by atoms with Crippen molar-refractivity contribution in [3.8, 4) is 0 Å². The maximum absolute atomic E-state index is 12.4. The van der Waals surface area contributed by atoms with E-state index in [1.165, 1.54) is 17.1 Å². The van der Waals surface area contributed by atoms with Crippen LogP contribution in [0.1, 0.15) is 6.42 Å². The van der Waals surface area contributed by atoms with Gasteiger partial charge in [-0.2, -0.15) is 0 Å². The van der Waals surface area contributed by atoms with Crippen molar-refractivity contribution in [1.82, 2.24) is 10.0 Å². The number of methoxy groups -OCH3 is 1. The number of hydrogen-bond acceptors (Lipinski definition) is 3. The fourth-order valence-electron chi connectivity index (χ4n) is 2.62. The lowest BCUT2D eigenvalue weighted by Gasteiger charge is -2.34. The van der Waals surface area contributed by atoms with Crippen LogP contribution in [0.4, 0.5) is 15.3 Å². The Hall–Kier alpha value is -2.21. The van der Waals surface area contributed by atoms with Gasteiger partial charge in [-0.25, -0.2) is 19.6 Å². The Morgan fingerprint density at radius 1 is 1.19 bits per heavy atom. The molecular formula is C14H14ClN3O3. The van der Waals surface area contributed by atoms with Gasteiger partial charge in [0.2, 0.25) is 0 Å². The third kappa shape index (κ3) is 2.42. The second kappa shape index (κ2) is 5.29. The van der Waals surface area contributed by atoms with Gasteiger partial charge in [0, 0.05) is 10.7 Å². The largest absolute Gasteiger partial charge is 0.452 e. The quantitative estimate of drug-likeness (QED) is 0.812. The number of rotatable bonds is 1. The van der Waals surface area contributed by atoms with Crippen molar-refractivity contribution in [2.24, 2.45) is 0 Å². The molecule has 6 nitrogen and oxygen atoms in total. The molecule has 110 valence electrons. The molecule has 1 saturated heterocycles. The molecule has 2 atom stereocenters. The topological polar surface area (TPSA) is 61.9 Å². The number of ether oxygens (including phenoxy) is 1. The van der Waals surface area contributed by atoms with E-state index in [4.69, 9.17) is 16.3 Å². The van der Waals surface area contributed by atoms with Gasteiger partial charge in [-0.15, -0.1) is 0 Å². The van der Waals surface area contributed by atoms with Crippen molar-refractivity contribution in [2.45, 2.75) is 18.5 Å². The molecule has 0 radical (unpaired) electrons. The van der Waals surface area contributed by atoms with E-state index in [0.29, 0.717) is 17.1 Å². The molecule has 0 saturated carbocycles. The summed E-state index contributed by atoms with van der Waals surface area (Å²) in [7, 11) is 1.30. The third-order valence-electron chi connectivity index (χ3n) is 3.56. The predicted octanol–water partition coefficient (Wildman–Crippen LogP) is 2.87. The standard InChI is InChI=1S/C14H14ClN3O3/c1-21-14(20)18-12-7-6-11(8-12)17(18)13(19)16-10-4-2-9(15)3-5-10/h2-7,11-12H,8H2,1H3,(H,16,19)/t11-,12+/m1/s1. The van der Waals surface area contributed by atoms with E-state index >= 15 is 0 Å². The Bertz CT molecular complexity index is 602. The normalized spacial score (nSPS) is 22.6. The van der Waals surface area contributed by atoms with Crippen molar-refractivity contribution in [2.75, 3.05) is 12.4 Å². The molecule has 1 fully saturated rings. The molecule has 1 N–H and O–H groups in total. The van der Waals surface area contributed by atoms with Crippen LogP contribution < -0.4 is 5.32 Å². The lowest BCUT2D eigenvalue weighted by Crippen LogP contribution is -2.53. The lowest BCUT2D eigenvalue weighted by atomic mass is 10.2. The first kappa shape index (κ1) is 13.8. The van der Waals surface area contributed by atoms with Crippen LogP contribution in [0.15, 0.2) is 36.4 Å². The van der Waals surface area contributed by atoms with Crippen LogP contribution >= 0.6 is 11.6 Å². The zero-order valence-electron chi connectivity index (χ0n) is 11.3. The Morgan fingerprint density at radius 2 is 1.81 bits per heavy atom. The van der Waals surface area contributed by atoms with E-state index in [1.807, 2.05) is 12.2 Å². The number of nitrogens with one attached hydrogen (secondary N) is 1. The number of halogens is 1. The molecule has 1 aliphatic heterocycles. The average Bonchev–Trinajstić information content (AvgIpc) is 3.09. The van der Waals surface area contributed by atoms with Crippen molar-refractivity contribution >= 4 is 29.4 Å². The van der Waals surface area contributed by atoms with Gasteiger partial charge in [0.15, 0.2) is 0 Å². The van der Waals surface area contributed by atoms with Gasteiger partial charge in [-0.05, 0) is 30.7 Å². The van der Waals surface area contributed by atoms with Crippen LogP contribution in [0.25, 0.3) is 0 Å². The van der Waals surface area contributed by atoms with Crippen molar-refractivity contribution in [3.05, 3.63) is 41.4 Å². The Balaban J connectivity index is 1.78. The van der Waals surface area contributed by atoms with Crippen LogP contribution in [-0.2, 0) is 4.74 Å². The van der Waals surface area contributed by atoms with E-state index in [2.05, 4.69) is 5.32 Å². The molecule has 2 bridgehead atoms. The highest BCUT2D eigenvalue weighted by atomic mass is 35.5. The van der Waals surface area contributed by atoms with Gasteiger partial charge in [0.25, 0.3) is 0 Å². The molecule has 1 aliphatic carbocycles. The van der Waals surface area contributed by atoms with E-state index < -0.39 is 6.09 Å². The number of hydrazine groups is 1. The second-order valence-electron chi connectivity index (χ2n) is 4.85. The number of nitrogens with zero attached hydrogens (tertiary/aromatic N) is 2. The summed E-state index contributed by atoms with van der Waals surface area (Å²) in [5, 5.41) is 6.08. The Labute approximate surface area is 126 Å². The Kier molecular flexibility index (Phi) is 3.47. The van der Waals surface area contributed by atoms with Gasteiger partial charge in [-0.1, -0.05) is 23.8 Å². The highest BCUT2D eigenvalue weighted by molar-refractivity contribution is 6.30. The second-order valence-corrected chi connectivity index (χ2v) is 5.29. The summed E-state index contributed by atoms with van der Waals surface area (Å²) in [6.07, 6.45) is 3.99. The smallest absolute Gasteiger partial charge is 0.429 e. The maximum atomic E-state index is 12.4. The molecule has 1 aromatic carbocycles. The third-order valence-corrected chi connectivity index (χ3v) is 3.82. The molecule has 2 aliphatic rings. The van der Waals surface area contributed by atoms with E-state index in [9.17, 15) is 9.59 Å². The van der Waals surface area contributed by atoms with Gasteiger partial charge in [-0.3, -0.25) is 0 Å². The van der Waals surface area contributed by atoms with Gasteiger partial charge in [0.05, 0.1) is 19.2 Å². The number of amides is 3. The zero-order chi connectivity index (χ0) is 15.0. The molecular weight excluding hydrogens is 294 g/mol. The predicted molar refractivity (Wildman–Crippen MR) is 77.9 cm³/mol. The summed E-state index contributed by atoms with van der Waals surface area (Å²) >= 11 is 5.81. The van der Waals surface area contributed by atoms with E-state index in [0.717, 1.165) is 0 Å². The highest BCUT2D eigenvalue weighted by Crippen LogP contribution is 2.33. The molecule has 0 spiro atoms. The van der Waals surface area contributed by atoms with E-state index in [-0.39, 0.29) is 18.1 Å². The number of benzene rings is 1. The summed E-state index contributed by atoms with van der Waals surface area (Å²) in [6, 6.07) is 6.15. The zero-order valence-corrected chi connectivity index (χ0v) is 12.1. The minimum atomic E-state index is -0.543. The first-order valence-electron chi connectivity index (χ1n) is 6.51. The molecule has 0 aromatic heterocycles. The highest BCUT2D eigenvalue weighted by Gasteiger charge is 2.47. The van der Waals surface area contributed by atoms with Crippen LogP contribution in [0, 0.1) is 0 Å². The molecule has 1 aromatic rings. The van der Waals surface area contributed by atoms with Crippen LogP contribution in [0.2, 0.25) is 5.02 Å². The van der Waals surface area contributed by atoms with Crippen molar-refractivity contribution in [3.63, 3.8) is 0 Å². The van der Waals surface area contributed by atoms with Gasteiger partial charge in [0.1, 0.15) is 0 Å². The minimum Gasteiger partial charge on any atom is -0.452 e. The molecule has 3 amide bonds. The van der Waals surface area contributed by atoms with Crippen LogP contribution in [0.5, 0.6) is 0 Å². The molecule has 7 heteroatoms. The van der Waals surface area contributed by atoms with E-state index in [1.54, 1.807) is 24.3 Å². The minimum absolute atomic E-state index is 0.124. The van der Waals surface area contributed by atoms with Crippen molar-refractivity contribution < 1.29 is 14.3 Å². The number of carbonyl (C=O) groups excluding carboxylic acids is 2. The SMILES string of the molecule is COC(=O)N1[C@H]2C=C[C@H](C2)N1C(=O)Nc1ccc(Cl)cc1. The van der Waals surface area contributed by atoms with Crippen LogP contribution in [0.3, 0.4) is 0 Å². The first-order valence-corrected chi connectivity index (χ1v) is 6.89. The number of hydrogen-bond donors (Lipinski definition) is 1. The summed E-state index contributed by atoms with van der Waals surface area (Å²) in [6.45, 7) is 0. The maximum Gasteiger partial charge on any atom is 0.429 e. The lowest BCUT2D eigenvalue weighted by molar-refractivity contribution is 0.0256. The van der Waals surface area contributed by atoms with Crippen LogP contribution in [-0.4, -0.2) is 41.3 Å². The van der Waals surface area contributed by atoms with Gasteiger partial charge >= 0.3 is 12.1 Å².